The topological polar surface area (TPSA) is 93.4 Å². The number of ether oxygens (including phenoxy) is 1. The van der Waals surface area contributed by atoms with Crippen molar-refractivity contribution in [2.75, 3.05) is 24.1 Å². The predicted octanol–water partition coefficient (Wildman–Crippen LogP) is 4.15. The minimum Gasteiger partial charge on any atom is -0.444 e. The van der Waals surface area contributed by atoms with Crippen LogP contribution >= 0.6 is 0 Å². The molecule has 1 unspecified atom stereocenters. The zero-order chi connectivity index (χ0) is 21.2. The normalized spacial score (nSPS) is 16.7. The number of amides is 1. The Labute approximate surface area is 172 Å². The lowest BCUT2D eigenvalue weighted by atomic mass is 10.0. The predicted molar refractivity (Wildman–Crippen MR) is 116 cm³/mol. The second-order valence-corrected chi connectivity index (χ2v) is 8.59. The van der Waals surface area contributed by atoms with Crippen LogP contribution in [0.15, 0.2) is 24.3 Å². The third-order valence-corrected chi connectivity index (χ3v) is 5.15. The van der Waals surface area contributed by atoms with Crippen LogP contribution in [0.2, 0.25) is 0 Å². The van der Waals surface area contributed by atoms with Crippen LogP contribution in [0.25, 0.3) is 11.3 Å². The van der Waals surface area contributed by atoms with Gasteiger partial charge in [-0.2, -0.15) is 4.98 Å². The lowest BCUT2D eigenvalue weighted by molar-refractivity contribution is 0.0235. The fourth-order valence-corrected chi connectivity index (χ4v) is 3.55. The van der Waals surface area contributed by atoms with Crippen molar-refractivity contribution < 1.29 is 9.53 Å². The molecule has 1 atom stereocenters. The van der Waals surface area contributed by atoms with Gasteiger partial charge in [-0.3, -0.25) is 0 Å². The number of benzene rings is 1. The summed E-state index contributed by atoms with van der Waals surface area (Å²) in [4.78, 5) is 23.0. The molecule has 1 aliphatic rings. The molecule has 2 heterocycles. The molecule has 3 N–H and O–H groups in total. The summed E-state index contributed by atoms with van der Waals surface area (Å²) in [5, 5.41) is 3.34. The van der Waals surface area contributed by atoms with E-state index in [0.29, 0.717) is 18.9 Å². The van der Waals surface area contributed by atoms with Crippen molar-refractivity contribution in [1.82, 2.24) is 14.9 Å². The number of nitrogens with zero attached hydrogens (tertiary/aromatic N) is 3. The van der Waals surface area contributed by atoms with Crippen LogP contribution in [0.1, 0.15) is 44.7 Å². The molecule has 1 aliphatic heterocycles. The number of hydrogen-bond donors (Lipinski definition) is 2. The van der Waals surface area contributed by atoms with E-state index in [0.717, 1.165) is 24.1 Å². The van der Waals surface area contributed by atoms with Crippen molar-refractivity contribution in [2.45, 2.75) is 59.1 Å². The van der Waals surface area contributed by atoms with Gasteiger partial charge >= 0.3 is 6.09 Å². The van der Waals surface area contributed by atoms with Gasteiger partial charge in [-0.15, -0.1) is 0 Å². The number of nitrogens with two attached hydrogens (primary N) is 1. The third-order valence-electron chi connectivity index (χ3n) is 5.15. The summed E-state index contributed by atoms with van der Waals surface area (Å²) in [6, 6.07) is 8.10. The van der Waals surface area contributed by atoms with E-state index < -0.39 is 5.60 Å². The van der Waals surface area contributed by atoms with Gasteiger partial charge in [-0.25, -0.2) is 9.78 Å². The van der Waals surface area contributed by atoms with Crippen molar-refractivity contribution in [2.24, 2.45) is 0 Å². The van der Waals surface area contributed by atoms with E-state index in [2.05, 4.69) is 35.2 Å². The molecule has 29 heavy (non-hydrogen) atoms. The average molecular weight is 398 g/mol. The smallest absolute Gasteiger partial charge is 0.410 e. The first kappa shape index (κ1) is 20.9. The molecule has 3 rings (SSSR count). The molecule has 156 valence electrons. The second-order valence-electron chi connectivity index (χ2n) is 8.59. The molecule has 1 saturated heterocycles. The number of aryl methyl sites for hydroxylation is 1. The molecule has 0 bridgehead atoms. The molecule has 2 aromatic rings. The first-order valence-corrected chi connectivity index (χ1v) is 10.1. The Morgan fingerprint density at radius 1 is 1.31 bits per heavy atom. The van der Waals surface area contributed by atoms with E-state index in [1.54, 1.807) is 4.90 Å². The summed E-state index contributed by atoms with van der Waals surface area (Å²) in [6.07, 6.45) is 1.63. The number of nitrogen functional groups attached to an aromatic ring is 1. The summed E-state index contributed by atoms with van der Waals surface area (Å²) in [6.45, 7) is 11.1. The monoisotopic (exact) mass is 397 g/mol. The molecule has 0 aliphatic carbocycles. The van der Waals surface area contributed by atoms with Crippen LogP contribution in [0.4, 0.5) is 16.6 Å². The molecular formula is C22H31N5O2. The van der Waals surface area contributed by atoms with Gasteiger partial charge in [0, 0.05) is 24.7 Å². The quantitative estimate of drug-likeness (QED) is 0.805. The first-order valence-electron chi connectivity index (χ1n) is 10.1. The maximum atomic E-state index is 12.5. The van der Waals surface area contributed by atoms with Gasteiger partial charge in [0.2, 0.25) is 5.95 Å². The van der Waals surface area contributed by atoms with Crippen LogP contribution in [-0.4, -0.2) is 45.7 Å². The number of aromatic nitrogens is 2. The molecule has 7 nitrogen and oxygen atoms in total. The van der Waals surface area contributed by atoms with Crippen molar-refractivity contribution in [1.29, 1.82) is 0 Å². The fourth-order valence-electron chi connectivity index (χ4n) is 3.55. The van der Waals surface area contributed by atoms with E-state index in [1.807, 2.05) is 39.0 Å². The SMILES string of the molecule is Cc1cccc(-c2cc(NCC3CCCN3C(=O)OC(C)(C)C)nc(N)n2)c1C. The Morgan fingerprint density at radius 2 is 2.07 bits per heavy atom. The number of anilines is 2. The van der Waals surface area contributed by atoms with Gasteiger partial charge in [0.1, 0.15) is 11.4 Å². The highest BCUT2D eigenvalue weighted by Crippen LogP contribution is 2.27. The molecular weight excluding hydrogens is 366 g/mol. The Morgan fingerprint density at radius 3 is 2.79 bits per heavy atom. The minimum absolute atomic E-state index is 0.0604. The van der Waals surface area contributed by atoms with Crippen LogP contribution in [0.5, 0.6) is 0 Å². The highest BCUT2D eigenvalue weighted by atomic mass is 16.6. The van der Waals surface area contributed by atoms with E-state index in [9.17, 15) is 4.79 Å². The Hall–Kier alpha value is -2.83. The molecule has 1 amide bonds. The van der Waals surface area contributed by atoms with E-state index >= 15 is 0 Å². The Bertz CT molecular complexity index is 891. The van der Waals surface area contributed by atoms with Gasteiger partial charge in [0.05, 0.1) is 11.7 Å². The van der Waals surface area contributed by atoms with Crippen LogP contribution in [-0.2, 0) is 4.74 Å². The summed E-state index contributed by atoms with van der Waals surface area (Å²) in [7, 11) is 0. The van der Waals surface area contributed by atoms with Crippen molar-refractivity contribution in [3.05, 3.63) is 35.4 Å². The average Bonchev–Trinajstić information content (AvgIpc) is 3.09. The molecule has 1 fully saturated rings. The minimum atomic E-state index is -0.501. The van der Waals surface area contributed by atoms with E-state index in [1.165, 1.54) is 11.1 Å². The highest BCUT2D eigenvalue weighted by molar-refractivity contribution is 5.70. The molecule has 1 aromatic heterocycles. The van der Waals surface area contributed by atoms with Crippen LogP contribution in [0.3, 0.4) is 0 Å². The first-order chi connectivity index (χ1) is 13.6. The number of likely N-dealkylation sites (tertiary alicyclic amines) is 1. The number of nitrogens with one attached hydrogen (secondary N) is 1. The van der Waals surface area contributed by atoms with Crippen molar-refractivity contribution in [3.8, 4) is 11.3 Å². The Balaban J connectivity index is 1.73. The number of hydrogen-bond acceptors (Lipinski definition) is 6. The second kappa shape index (κ2) is 8.27. The highest BCUT2D eigenvalue weighted by Gasteiger charge is 2.32. The molecule has 0 spiro atoms. The lowest BCUT2D eigenvalue weighted by Gasteiger charge is -2.28. The van der Waals surface area contributed by atoms with Crippen LogP contribution in [0, 0.1) is 13.8 Å². The third kappa shape index (κ3) is 5.16. The molecule has 1 aromatic carbocycles. The van der Waals surface area contributed by atoms with Gasteiger partial charge in [-0.05, 0) is 58.6 Å². The fraction of sp³-hybridized carbons (Fsp3) is 0.500. The Kier molecular flexibility index (Phi) is 5.96. The number of carbonyl (C=O) groups is 1. The number of rotatable bonds is 4. The zero-order valence-corrected chi connectivity index (χ0v) is 18.0. The zero-order valence-electron chi connectivity index (χ0n) is 18.0. The molecule has 0 radical (unpaired) electrons. The largest absolute Gasteiger partial charge is 0.444 e. The summed E-state index contributed by atoms with van der Waals surface area (Å²) >= 11 is 0. The number of carbonyl (C=O) groups excluding carboxylic acids is 1. The summed E-state index contributed by atoms with van der Waals surface area (Å²) in [5.41, 5.74) is 9.67. The molecule has 0 saturated carbocycles. The maximum Gasteiger partial charge on any atom is 0.410 e. The van der Waals surface area contributed by atoms with Crippen molar-refractivity contribution in [3.63, 3.8) is 0 Å². The van der Waals surface area contributed by atoms with E-state index in [4.69, 9.17) is 10.5 Å². The van der Waals surface area contributed by atoms with Gasteiger partial charge in [0.15, 0.2) is 0 Å². The van der Waals surface area contributed by atoms with E-state index in [-0.39, 0.29) is 18.1 Å². The standard InChI is InChI=1S/C22H31N5O2/c1-14-8-6-10-17(15(14)2)18-12-19(26-20(23)25-18)24-13-16-9-7-11-27(16)21(28)29-22(3,4)5/h6,8,10,12,16H,7,9,11,13H2,1-5H3,(H3,23,24,25,26). The lowest BCUT2D eigenvalue weighted by Crippen LogP contribution is -2.42. The maximum absolute atomic E-state index is 12.5. The summed E-state index contributed by atoms with van der Waals surface area (Å²) < 4.78 is 5.54. The van der Waals surface area contributed by atoms with Crippen molar-refractivity contribution >= 4 is 17.9 Å². The van der Waals surface area contributed by atoms with Gasteiger partial charge in [-0.1, -0.05) is 18.2 Å². The molecule has 7 heteroatoms. The van der Waals surface area contributed by atoms with Gasteiger partial charge < -0.3 is 20.7 Å². The van der Waals surface area contributed by atoms with Gasteiger partial charge in [0.25, 0.3) is 0 Å². The summed E-state index contributed by atoms with van der Waals surface area (Å²) in [5.74, 6) is 0.880. The van der Waals surface area contributed by atoms with Crippen LogP contribution < -0.4 is 11.1 Å².